The number of nitrogens with zero attached hydrogens (tertiary/aromatic N) is 3. The summed E-state index contributed by atoms with van der Waals surface area (Å²) in [5.74, 6) is 0.540. The molecule has 1 fully saturated rings. The number of aryl methyl sites for hydroxylation is 2. The van der Waals surface area contributed by atoms with E-state index in [1.165, 1.54) is 0 Å². The van der Waals surface area contributed by atoms with Crippen LogP contribution in [0.25, 0.3) is 0 Å². The number of halogens is 2. The minimum absolute atomic E-state index is 0.314. The van der Waals surface area contributed by atoms with Gasteiger partial charge in [-0.2, -0.15) is 5.10 Å². The molecule has 1 aliphatic heterocycles. The van der Waals surface area contributed by atoms with Gasteiger partial charge in [0.15, 0.2) is 0 Å². The van der Waals surface area contributed by atoms with E-state index in [9.17, 15) is 0 Å². The molecule has 0 spiro atoms. The second kappa shape index (κ2) is 5.81. The number of rotatable bonds is 3. The lowest BCUT2D eigenvalue weighted by atomic mass is 9.99. The molecule has 2 heterocycles. The van der Waals surface area contributed by atoms with Crippen LogP contribution in [0.15, 0.2) is 0 Å². The first kappa shape index (κ1) is 14.2. The minimum Gasteiger partial charge on any atom is -0.297 e. The smallest absolute Gasteiger partial charge is 0.0863 e. The molecule has 1 aromatic heterocycles. The molecule has 0 aromatic carbocycles. The van der Waals surface area contributed by atoms with Crippen LogP contribution in [-0.4, -0.2) is 33.1 Å². The van der Waals surface area contributed by atoms with Crippen LogP contribution in [0.1, 0.15) is 31.7 Å². The number of piperidine rings is 1. The van der Waals surface area contributed by atoms with Gasteiger partial charge in [0.1, 0.15) is 0 Å². The number of alkyl halides is 1. The maximum atomic E-state index is 6.38. The fourth-order valence-corrected chi connectivity index (χ4v) is 3.08. The highest BCUT2D eigenvalue weighted by atomic mass is 35.5. The highest BCUT2D eigenvalue weighted by molar-refractivity contribution is 6.31. The number of hydrogen-bond donors (Lipinski definition) is 0. The Balaban J connectivity index is 2.08. The first-order chi connectivity index (χ1) is 8.52. The quantitative estimate of drug-likeness (QED) is 0.798. The molecular weight excluding hydrogens is 269 g/mol. The SMILES string of the molecule is CCc1nn(C)c(CN2CCC(Cl)C(C)C2)c1Cl. The molecule has 2 rings (SSSR count). The second-order valence-electron chi connectivity index (χ2n) is 5.20. The Labute approximate surface area is 119 Å². The monoisotopic (exact) mass is 289 g/mol. The summed E-state index contributed by atoms with van der Waals surface area (Å²) in [6, 6.07) is 0. The fourth-order valence-electron chi connectivity index (χ4n) is 2.55. The van der Waals surface area contributed by atoms with E-state index in [-0.39, 0.29) is 0 Å². The Kier molecular flexibility index (Phi) is 4.57. The maximum absolute atomic E-state index is 6.38. The summed E-state index contributed by atoms with van der Waals surface area (Å²) in [5, 5.41) is 5.61. The van der Waals surface area contributed by atoms with Gasteiger partial charge in [-0.1, -0.05) is 25.4 Å². The number of likely N-dealkylation sites (tertiary alicyclic amines) is 1. The summed E-state index contributed by atoms with van der Waals surface area (Å²) in [6.45, 7) is 7.25. The summed E-state index contributed by atoms with van der Waals surface area (Å²) in [6.07, 6.45) is 1.94. The Morgan fingerprint density at radius 3 is 2.72 bits per heavy atom. The van der Waals surface area contributed by atoms with Crippen molar-refractivity contribution in [3.05, 3.63) is 16.4 Å². The van der Waals surface area contributed by atoms with Gasteiger partial charge >= 0.3 is 0 Å². The summed E-state index contributed by atoms with van der Waals surface area (Å²) >= 11 is 12.6. The Morgan fingerprint density at radius 2 is 2.17 bits per heavy atom. The second-order valence-corrected chi connectivity index (χ2v) is 6.14. The van der Waals surface area contributed by atoms with Crippen molar-refractivity contribution in [3.63, 3.8) is 0 Å². The first-order valence-corrected chi connectivity index (χ1v) is 7.41. The van der Waals surface area contributed by atoms with Crippen LogP contribution in [0.2, 0.25) is 5.02 Å². The zero-order chi connectivity index (χ0) is 13.3. The summed E-state index contributed by atoms with van der Waals surface area (Å²) in [4.78, 5) is 2.42. The molecule has 1 aromatic rings. The van der Waals surface area contributed by atoms with Gasteiger partial charge in [-0.3, -0.25) is 9.58 Å². The zero-order valence-corrected chi connectivity index (χ0v) is 12.8. The van der Waals surface area contributed by atoms with Gasteiger partial charge in [-0.05, 0) is 25.3 Å². The van der Waals surface area contributed by atoms with Crippen LogP contribution in [-0.2, 0) is 20.0 Å². The zero-order valence-electron chi connectivity index (χ0n) is 11.3. The molecule has 0 amide bonds. The molecule has 0 aliphatic carbocycles. The molecule has 0 radical (unpaired) electrons. The van der Waals surface area contributed by atoms with Crippen molar-refractivity contribution in [3.8, 4) is 0 Å². The highest BCUT2D eigenvalue weighted by Gasteiger charge is 2.25. The van der Waals surface area contributed by atoms with Crippen molar-refractivity contribution in [1.82, 2.24) is 14.7 Å². The van der Waals surface area contributed by atoms with Crippen LogP contribution < -0.4 is 0 Å². The van der Waals surface area contributed by atoms with Gasteiger partial charge in [0.25, 0.3) is 0 Å². The van der Waals surface area contributed by atoms with E-state index in [0.717, 1.165) is 48.9 Å². The van der Waals surface area contributed by atoms with E-state index in [1.54, 1.807) is 0 Å². The Morgan fingerprint density at radius 1 is 1.44 bits per heavy atom. The van der Waals surface area contributed by atoms with Gasteiger partial charge in [-0.25, -0.2) is 0 Å². The average Bonchev–Trinajstić information content (AvgIpc) is 2.61. The predicted octanol–water partition coefficient (Wildman–Crippen LogP) is 3.09. The molecule has 2 unspecified atom stereocenters. The van der Waals surface area contributed by atoms with E-state index in [4.69, 9.17) is 23.2 Å². The third kappa shape index (κ3) is 2.84. The van der Waals surface area contributed by atoms with Gasteiger partial charge in [0.05, 0.1) is 16.4 Å². The number of aromatic nitrogens is 2. The lowest BCUT2D eigenvalue weighted by molar-refractivity contribution is 0.176. The molecule has 0 bridgehead atoms. The topological polar surface area (TPSA) is 21.1 Å². The van der Waals surface area contributed by atoms with Crippen molar-refractivity contribution in [2.24, 2.45) is 13.0 Å². The van der Waals surface area contributed by atoms with Crippen molar-refractivity contribution >= 4 is 23.2 Å². The Hall–Kier alpha value is -0.250. The molecule has 1 aliphatic rings. The minimum atomic E-state index is 0.314. The van der Waals surface area contributed by atoms with Crippen LogP contribution in [0.3, 0.4) is 0 Å². The predicted molar refractivity (Wildman–Crippen MR) is 76.3 cm³/mol. The van der Waals surface area contributed by atoms with Crippen molar-refractivity contribution in [2.45, 2.75) is 38.6 Å². The lowest BCUT2D eigenvalue weighted by Gasteiger charge is -2.34. The molecule has 3 nitrogen and oxygen atoms in total. The molecular formula is C13H21Cl2N3. The molecule has 102 valence electrons. The maximum Gasteiger partial charge on any atom is 0.0863 e. The third-order valence-electron chi connectivity index (χ3n) is 3.76. The summed E-state index contributed by atoms with van der Waals surface area (Å²) in [7, 11) is 1.97. The number of hydrogen-bond acceptors (Lipinski definition) is 2. The van der Waals surface area contributed by atoms with Gasteiger partial charge in [0.2, 0.25) is 0 Å². The normalized spacial score (nSPS) is 25.6. The van der Waals surface area contributed by atoms with Gasteiger partial charge < -0.3 is 0 Å². The highest BCUT2D eigenvalue weighted by Crippen LogP contribution is 2.26. The van der Waals surface area contributed by atoms with E-state index in [2.05, 4.69) is 23.8 Å². The average molecular weight is 290 g/mol. The fraction of sp³-hybridized carbons (Fsp3) is 0.769. The molecule has 1 saturated heterocycles. The van der Waals surface area contributed by atoms with Crippen molar-refractivity contribution < 1.29 is 0 Å². The Bertz CT molecular complexity index is 417. The van der Waals surface area contributed by atoms with Crippen molar-refractivity contribution in [1.29, 1.82) is 0 Å². The molecule has 5 heteroatoms. The van der Waals surface area contributed by atoms with Crippen LogP contribution in [0, 0.1) is 5.92 Å². The molecule has 2 atom stereocenters. The van der Waals surface area contributed by atoms with Gasteiger partial charge in [0, 0.05) is 25.5 Å². The standard InChI is InChI=1S/C13H21Cl2N3/c1-4-11-13(15)12(17(3)16-11)8-18-6-5-10(14)9(2)7-18/h9-10H,4-8H2,1-3H3. The third-order valence-corrected chi connectivity index (χ3v) is 4.85. The van der Waals surface area contributed by atoms with Crippen LogP contribution >= 0.6 is 23.2 Å². The lowest BCUT2D eigenvalue weighted by Crippen LogP contribution is -2.39. The van der Waals surface area contributed by atoms with Crippen LogP contribution in [0.5, 0.6) is 0 Å². The molecule has 0 N–H and O–H groups in total. The van der Waals surface area contributed by atoms with Gasteiger partial charge in [-0.15, -0.1) is 11.6 Å². The van der Waals surface area contributed by atoms with Crippen LogP contribution in [0.4, 0.5) is 0 Å². The largest absolute Gasteiger partial charge is 0.297 e. The van der Waals surface area contributed by atoms with E-state index in [1.807, 2.05) is 11.7 Å². The van der Waals surface area contributed by atoms with E-state index >= 15 is 0 Å². The molecule has 0 saturated carbocycles. The molecule has 18 heavy (non-hydrogen) atoms. The summed E-state index contributed by atoms with van der Waals surface area (Å²) in [5.41, 5.74) is 2.11. The van der Waals surface area contributed by atoms with E-state index in [0.29, 0.717) is 11.3 Å². The first-order valence-electron chi connectivity index (χ1n) is 6.59. The summed E-state index contributed by atoms with van der Waals surface area (Å²) < 4.78 is 1.92. The van der Waals surface area contributed by atoms with Crippen molar-refractivity contribution in [2.75, 3.05) is 13.1 Å². The van der Waals surface area contributed by atoms with E-state index < -0.39 is 0 Å².